The Balaban J connectivity index is 2.41. The summed E-state index contributed by atoms with van der Waals surface area (Å²) in [5.41, 5.74) is 3.02. The number of sulfonamides is 1. The molecule has 21 heavy (non-hydrogen) atoms. The van der Waals surface area contributed by atoms with Gasteiger partial charge < -0.3 is 5.32 Å². The van der Waals surface area contributed by atoms with Crippen molar-refractivity contribution < 1.29 is 8.42 Å². The van der Waals surface area contributed by atoms with Gasteiger partial charge in [0.1, 0.15) is 0 Å². The van der Waals surface area contributed by atoms with E-state index in [1.165, 1.54) is 0 Å². The van der Waals surface area contributed by atoms with Crippen molar-refractivity contribution >= 4 is 10.0 Å². The normalized spacial score (nSPS) is 20.7. The predicted octanol–water partition coefficient (Wildman–Crippen LogP) is 2.44. The van der Waals surface area contributed by atoms with Gasteiger partial charge in [0.25, 0.3) is 0 Å². The van der Waals surface area contributed by atoms with Gasteiger partial charge in [-0.1, -0.05) is 13.0 Å². The van der Waals surface area contributed by atoms with Gasteiger partial charge in [0.15, 0.2) is 0 Å². The van der Waals surface area contributed by atoms with Crippen LogP contribution in [0.5, 0.6) is 0 Å². The van der Waals surface area contributed by atoms with Crippen molar-refractivity contribution in [2.45, 2.75) is 45.1 Å². The molecule has 0 aliphatic carbocycles. The first-order valence-corrected chi connectivity index (χ1v) is 9.05. The summed E-state index contributed by atoms with van der Waals surface area (Å²) in [6, 6.07) is 3.82. The Morgan fingerprint density at radius 2 is 2.00 bits per heavy atom. The highest BCUT2D eigenvalue weighted by Gasteiger charge is 2.30. The standard InChI is InChI=1S/C16H26N2O2S/c1-12-6-5-7-18(11-12)21(19,20)16-9-15(10-17-4)13(2)8-14(16)3/h8-9,12,17H,5-7,10-11H2,1-4H3. The Labute approximate surface area is 128 Å². The van der Waals surface area contributed by atoms with Crippen LogP contribution in [0, 0.1) is 19.8 Å². The summed E-state index contributed by atoms with van der Waals surface area (Å²) in [4.78, 5) is 0.465. The molecule has 1 aliphatic heterocycles. The fourth-order valence-corrected chi connectivity index (χ4v) is 4.89. The molecule has 0 saturated carbocycles. The van der Waals surface area contributed by atoms with Crippen LogP contribution >= 0.6 is 0 Å². The Kier molecular flexibility index (Phi) is 5.07. The molecule has 118 valence electrons. The van der Waals surface area contributed by atoms with Crippen LogP contribution in [-0.2, 0) is 16.6 Å². The third-order valence-corrected chi connectivity index (χ3v) is 6.25. The maximum Gasteiger partial charge on any atom is 0.243 e. The second-order valence-corrected chi connectivity index (χ2v) is 8.09. The first-order chi connectivity index (χ1) is 9.86. The van der Waals surface area contributed by atoms with Crippen molar-refractivity contribution in [3.05, 3.63) is 28.8 Å². The molecule has 0 spiro atoms. The van der Waals surface area contributed by atoms with Gasteiger partial charge in [-0.2, -0.15) is 4.31 Å². The van der Waals surface area contributed by atoms with Crippen molar-refractivity contribution in [1.82, 2.24) is 9.62 Å². The van der Waals surface area contributed by atoms with E-state index in [2.05, 4.69) is 12.2 Å². The quantitative estimate of drug-likeness (QED) is 0.929. The van der Waals surface area contributed by atoms with Crippen LogP contribution < -0.4 is 5.32 Å². The van der Waals surface area contributed by atoms with Crippen LogP contribution in [0.25, 0.3) is 0 Å². The number of hydrogen-bond acceptors (Lipinski definition) is 3. The summed E-state index contributed by atoms with van der Waals surface area (Å²) in [6.07, 6.45) is 2.07. The Hall–Kier alpha value is -0.910. The summed E-state index contributed by atoms with van der Waals surface area (Å²) in [7, 11) is -1.50. The van der Waals surface area contributed by atoms with Crippen LogP contribution in [0.4, 0.5) is 0 Å². The fraction of sp³-hybridized carbons (Fsp3) is 0.625. The van der Waals surface area contributed by atoms with Crippen LogP contribution in [0.3, 0.4) is 0 Å². The lowest BCUT2D eigenvalue weighted by Gasteiger charge is -2.30. The second kappa shape index (κ2) is 6.46. The lowest BCUT2D eigenvalue weighted by atomic mass is 10.0. The molecule has 0 bridgehead atoms. The molecule has 0 amide bonds. The van der Waals surface area contributed by atoms with Gasteiger partial charge >= 0.3 is 0 Å². The zero-order chi connectivity index (χ0) is 15.6. The molecule has 1 aromatic carbocycles. The maximum atomic E-state index is 12.9. The van der Waals surface area contributed by atoms with E-state index >= 15 is 0 Å². The topological polar surface area (TPSA) is 49.4 Å². The van der Waals surface area contributed by atoms with Gasteiger partial charge in [0.05, 0.1) is 4.90 Å². The molecule has 1 N–H and O–H groups in total. The van der Waals surface area contributed by atoms with E-state index < -0.39 is 10.0 Å². The second-order valence-electron chi connectivity index (χ2n) is 6.18. The first-order valence-electron chi connectivity index (χ1n) is 7.61. The number of nitrogens with one attached hydrogen (secondary N) is 1. The van der Waals surface area contributed by atoms with E-state index in [0.717, 1.165) is 29.5 Å². The summed E-state index contributed by atoms with van der Waals surface area (Å²) >= 11 is 0. The van der Waals surface area contributed by atoms with Crippen LogP contribution in [0.15, 0.2) is 17.0 Å². The van der Waals surface area contributed by atoms with E-state index in [-0.39, 0.29) is 0 Å². The first kappa shape index (κ1) is 16.5. The molecule has 0 aromatic heterocycles. The maximum absolute atomic E-state index is 12.9. The van der Waals surface area contributed by atoms with E-state index in [1.54, 1.807) is 4.31 Å². The molecule has 1 aliphatic rings. The number of nitrogens with zero attached hydrogens (tertiary/aromatic N) is 1. The minimum absolute atomic E-state index is 0.441. The van der Waals surface area contributed by atoms with Gasteiger partial charge in [0.2, 0.25) is 10.0 Å². The highest BCUT2D eigenvalue weighted by Crippen LogP contribution is 2.27. The molecule has 1 atom stereocenters. The molecular weight excluding hydrogens is 284 g/mol. The summed E-state index contributed by atoms with van der Waals surface area (Å²) in [5, 5.41) is 3.10. The van der Waals surface area contributed by atoms with E-state index in [1.807, 2.05) is 33.0 Å². The van der Waals surface area contributed by atoms with Crippen LogP contribution in [0.1, 0.15) is 36.5 Å². The molecule has 5 heteroatoms. The third kappa shape index (κ3) is 3.47. The molecule has 0 radical (unpaired) electrons. The van der Waals surface area contributed by atoms with Gasteiger partial charge in [-0.15, -0.1) is 0 Å². The fourth-order valence-electron chi connectivity index (χ4n) is 3.04. The van der Waals surface area contributed by atoms with Crippen molar-refractivity contribution in [3.63, 3.8) is 0 Å². The molecule has 1 unspecified atom stereocenters. The van der Waals surface area contributed by atoms with Gasteiger partial charge in [-0.3, -0.25) is 0 Å². The van der Waals surface area contributed by atoms with Crippen molar-refractivity contribution in [3.8, 4) is 0 Å². The minimum Gasteiger partial charge on any atom is -0.316 e. The summed E-state index contributed by atoms with van der Waals surface area (Å²) in [5.74, 6) is 0.441. The van der Waals surface area contributed by atoms with Crippen molar-refractivity contribution in [2.24, 2.45) is 5.92 Å². The summed E-state index contributed by atoms with van der Waals surface area (Å²) in [6.45, 7) is 8.00. The van der Waals surface area contributed by atoms with E-state index in [9.17, 15) is 8.42 Å². The zero-order valence-corrected chi connectivity index (χ0v) is 14.3. The predicted molar refractivity (Wildman–Crippen MR) is 85.8 cm³/mol. The monoisotopic (exact) mass is 310 g/mol. The van der Waals surface area contributed by atoms with E-state index in [0.29, 0.717) is 30.4 Å². The number of piperidine rings is 1. The molecule has 1 saturated heterocycles. The highest BCUT2D eigenvalue weighted by molar-refractivity contribution is 7.89. The minimum atomic E-state index is -3.38. The van der Waals surface area contributed by atoms with Gasteiger partial charge in [0, 0.05) is 19.6 Å². The average Bonchev–Trinajstić information content (AvgIpc) is 2.41. The Morgan fingerprint density at radius 1 is 1.29 bits per heavy atom. The molecular formula is C16H26N2O2S. The molecule has 1 heterocycles. The SMILES string of the molecule is CNCc1cc(S(=O)(=O)N2CCCC(C)C2)c(C)cc1C. The number of hydrogen-bond donors (Lipinski definition) is 1. The van der Waals surface area contributed by atoms with Crippen LogP contribution in [-0.4, -0.2) is 32.9 Å². The number of benzene rings is 1. The average molecular weight is 310 g/mol. The Morgan fingerprint density at radius 3 is 2.62 bits per heavy atom. The summed E-state index contributed by atoms with van der Waals surface area (Å²) < 4.78 is 27.5. The van der Waals surface area contributed by atoms with Crippen molar-refractivity contribution in [2.75, 3.05) is 20.1 Å². The van der Waals surface area contributed by atoms with Crippen LogP contribution in [0.2, 0.25) is 0 Å². The lowest BCUT2D eigenvalue weighted by molar-refractivity contribution is 0.281. The Bertz CT molecular complexity index is 611. The van der Waals surface area contributed by atoms with E-state index in [4.69, 9.17) is 0 Å². The van der Waals surface area contributed by atoms with Gasteiger partial charge in [-0.25, -0.2) is 8.42 Å². The molecule has 2 rings (SSSR count). The zero-order valence-electron chi connectivity index (χ0n) is 13.4. The third-order valence-electron chi connectivity index (χ3n) is 4.24. The molecule has 4 nitrogen and oxygen atoms in total. The number of rotatable bonds is 4. The highest BCUT2D eigenvalue weighted by atomic mass is 32.2. The van der Waals surface area contributed by atoms with Gasteiger partial charge in [-0.05, 0) is 62.4 Å². The number of aryl methyl sites for hydroxylation is 2. The lowest BCUT2D eigenvalue weighted by Crippen LogP contribution is -2.39. The largest absolute Gasteiger partial charge is 0.316 e. The molecule has 1 aromatic rings. The smallest absolute Gasteiger partial charge is 0.243 e. The molecule has 1 fully saturated rings. The van der Waals surface area contributed by atoms with Crippen molar-refractivity contribution in [1.29, 1.82) is 0 Å².